The zero-order valence-corrected chi connectivity index (χ0v) is 9.76. The van der Waals surface area contributed by atoms with Crippen molar-refractivity contribution < 1.29 is 14.7 Å². The highest BCUT2D eigenvalue weighted by Gasteiger charge is 2.23. The lowest BCUT2D eigenvalue weighted by Gasteiger charge is -2.22. The van der Waals surface area contributed by atoms with Crippen molar-refractivity contribution in [2.45, 2.75) is 33.2 Å². The molecule has 5 nitrogen and oxygen atoms in total. The average Bonchev–Trinajstić information content (AvgIpc) is 2.13. The van der Waals surface area contributed by atoms with E-state index < -0.39 is 17.4 Å². The van der Waals surface area contributed by atoms with Gasteiger partial charge in [-0.25, -0.2) is 0 Å². The molecule has 0 heterocycles. The number of nitrogens with one attached hydrogen (secondary N) is 2. The summed E-state index contributed by atoms with van der Waals surface area (Å²) in [5.74, 6) is -1.08. The molecule has 0 bridgehead atoms. The predicted molar refractivity (Wildman–Crippen MR) is 57.2 cm³/mol. The maximum Gasteiger partial charge on any atom is 0.309 e. The Morgan fingerprint density at radius 2 is 1.80 bits per heavy atom. The largest absolute Gasteiger partial charge is 0.394 e. The molecule has 0 radical (unpaired) electrons. The van der Waals surface area contributed by atoms with Gasteiger partial charge in [-0.3, -0.25) is 9.59 Å². The summed E-state index contributed by atoms with van der Waals surface area (Å²) in [6, 6.07) is 0. The molecular weight excluding hydrogens is 196 g/mol. The predicted octanol–water partition coefficient (Wildman–Crippen LogP) is -0.354. The van der Waals surface area contributed by atoms with Crippen LogP contribution in [0.1, 0.15) is 27.7 Å². The van der Waals surface area contributed by atoms with Gasteiger partial charge in [-0.1, -0.05) is 13.8 Å². The van der Waals surface area contributed by atoms with Crippen LogP contribution in [-0.2, 0) is 9.59 Å². The first-order chi connectivity index (χ1) is 6.78. The minimum absolute atomic E-state index is 0.212. The highest BCUT2D eigenvalue weighted by Crippen LogP contribution is 1.98. The first-order valence-corrected chi connectivity index (χ1v) is 4.99. The average molecular weight is 216 g/mol. The van der Waals surface area contributed by atoms with Gasteiger partial charge in [-0.2, -0.15) is 0 Å². The maximum absolute atomic E-state index is 11.3. The van der Waals surface area contributed by atoms with Gasteiger partial charge in [0.05, 0.1) is 12.1 Å². The Hall–Kier alpha value is -1.10. The Balaban J connectivity index is 4.06. The first kappa shape index (κ1) is 13.9. The number of hydrogen-bond acceptors (Lipinski definition) is 3. The second-order valence-corrected chi connectivity index (χ2v) is 4.60. The van der Waals surface area contributed by atoms with E-state index in [-0.39, 0.29) is 6.61 Å². The van der Waals surface area contributed by atoms with Gasteiger partial charge in [0.1, 0.15) is 0 Å². The molecule has 0 spiro atoms. The zero-order valence-electron chi connectivity index (χ0n) is 9.76. The molecule has 0 aromatic carbocycles. The van der Waals surface area contributed by atoms with Crippen LogP contribution in [0.5, 0.6) is 0 Å². The maximum atomic E-state index is 11.3. The van der Waals surface area contributed by atoms with Crippen LogP contribution < -0.4 is 10.6 Å². The fraction of sp³-hybridized carbons (Fsp3) is 0.800. The second kappa shape index (κ2) is 5.70. The van der Waals surface area contributed by atoms with E-state index in [9.17, 15) is 9.59 Å². The SMILES string of the molecule is CC(C)CNC(=O)C(=O)NC(C)(C)CO. The number of aliphatic hydroxyl groups is 1. The lowest BCUT2D eigenvalue weighted by Crippen LogP contribution is -2.52. The van der Waals surface area contributed by atoms with Crippen LogP contribution in [-0.4, -0.2) is 35.6 Å². The Labute approximate surface area is 90.2 Å². The summed E-state index contributed by atoms with van der Waals surface area (Å²) >= 11 is 0. The van der Waals surface area contributed by atoms with Crippen LogP contribution >= 0.6 is 0 Å². The Morgan fingerprint density at radius 3 is 2.20 bits per heavy atom. The van der Waals surface area contributed by atoms with E-state index in [1.54, 1.807) is 13.8 Å². The minimum atomic E-state index is -0.772. The second-order valence-electron chi connectivity index (χ2n) is 4.60. The van der Waals surface area contributed by atoms with Gasteiger partial charge in [0.25, 0.3) is 0 Å². The Bertz CT molecular complexity index is 237. The fourth-order valence-corrected chi connectivity index (χ4v) is 0.781. The highest BCUT2D eigenvalue weighted by molar-refractivity contribution is 6.35. The molecule has 0 aromatic heterocycles. The quantitative estimate of drug-likeness (QED) is 0.562. The van der Waals surface area contributed by atoms with Crippen molar-refractivity contribution in [1.29, 1.82) is 0 Å². The summed E-state index contributed by atoms with van der Waals surface area (Å²) in [5, 5.41) is 13.8. The highest BCUT2D eigenvalue weighted by atomic mass is 16.3. The Kier molecular flexibility index (Phi) is 5.28. The topological polar surface area (TPSA) is 78.4 Å². The normalized spacial score (nSPS) is 11.3. The van der Waals surface area contributed by atoms with Crippen molar-refractivity contribution in [2.24, 2.45) is 5.92 Å². The molecule has 88 valence electrons. The molecule has 15 heavy (non-hydrogen) atoms. The molecule has 0 rings (SSSR count). The third-order valence-electron chi connectivity index (χ3n) is 1.72. The van der Waals surface area contributed by atoms with Gasteiger partial charge in [0.15, 0.2) is 0 Å². The molecule has 5 heteroatoms. The van der Waals surface area contributed by atoms with E-state index in [0.717, 1.165) is 0 Å². The summed E-state index contributed by atoms with van der Waals surface area (Å²) in [7, 11) is 0. The molecule has 0 fully saturated rings. The van der Waals surface area contributed by atoms with E-state index in [0.29, 0.717) is 12.5 Å². The third-order valence-corrected chi connectivity index (χ3v) is 1.72. The number of hydrogen-bond donors (Lipinski definition) is 3. The molecule has 3 N–H and O–H groups in total. The summed E-state index contributed by atoms with van der Waals surface area (Å²) in [6.07, 6.45) is 0. The zero-order chi connectivity index (χ0) is 12.1. The van der Waals surface area contributed by atoms with Gasteiger partial charge in [0.2, 0.25) is 0 Å². The molecule has 0 unspecified atom stereocenters. The summed E-state index contributed by atoms with van der Waals surface area (Å²) < 4.78 is 0. The van der Waals surface area contributed by atoms with Crippen molar-refractivity contribution in [3.8, 4) is 0 Å². The lowest BCUT2D eigenvalue weighted by atomic mass is 10.1. The number of rotatable bonds is 4. The van der Waals surface area contributed by atoms with E-state index in [1.165, 1.54) is 0 Å². The third kappa shape index (κ3) is 6.06. The molecule has 0 aromatic rings. The minimum Gasteiger partial charge on any atom is -0.394 e. The van der Waals surface area contributed by atoms with Gasteiger partial charge in [-0.05, 0) is 19.8 Å². The standard InChI is InChI=1S/C10H20N2O3/c1-7(2)5-11-8(14)9(15)12-10(3,4)6-13/h7,13H,5-6H2,1-4H3,(H,11,14)(H,12,15). The molecule has 0 atom stereocenters. The lowest BCUT2D eigenvalue weighted by molar-refractivity contribution is -0.140. The molecule has 0 saturated carbocycles. The monoisotopic (exact) mass is 216 g/mol. The van der Waals surface area contributed by atoms with Gasteiger partial charge < -0.3 is 15.7 Å². The van der Waals surface area contributed by atoms with Crippen LogP contribution in [0.4, 0.5) is 0 Å². The molecule has 0 aliphatic rings. The van der Waals surface area contributed by atoms with Crippen LogP contribution in [0.3, 0.4) is 0 Å². The van der Waals surface area contributed by atoms with Crippen molar-refractivity contribution in [2.75, 3.05) is 13.2 Å². The molecular formula is C10H20N2O3. The van der Waals surface area contributed by atoms with Crippen LogP contribution in [0.2, 0.25) is 0 Å². The molecule has 0 aliphatic carbocycles. The van der Waals surface area contributed by atoms with E-state index in [1.807, 2.05) is 13.8 Å². The van der Waals surface area contributed by atoms with Gasteiger partial charge in [0, 0.05) is 6.54 Å². The number of aliphatic hydroxyl groups excluding tert-OH is 1. The van der Waals surface area contributed by atoms with E-state index in [2.05, 4.69) is 10.6 Å². The van der Waals surface area contributed by atoms with Gasteiger partial charge >= 0.3 is 11.8 Å². The summed E-state index contributed by atoms with van der Waals surface area (Å²) in [4.78, 5) is 22.5. The van der Waals surface area contributed by atoms with Crippen LogP contribution in [0.25, 0.3) is 0 Å². The first-order valence-electron chi connectivity index (χ1n) is 4.99. The van der Waals surface area contributed by atoms with Crippen molar-refractivity contribution in [3.05, 3.63) is 0 Å². The summed E-state index contributed by atoms with van der Waals surface area (Å²) in [6.45, 7) is 7.41. The number of carbonyl (C=O) groups is 2. The molecule has 0 saturated heterocycles. The van der Waals surface area contributed by atoms with Crippen LogP contribution in [0.15, 0.2) is 0 Å². The van der Waals surface area contributed by atoms with Gasteiger partial charge in [-0.15, -0.1) is 0 Å². The van der Waals surface area contributed by atoms with Crippen molar-refractivity contribution >= 4 is 11.8 Å². The van der Waals surface area contributed by atoms with E-state index in [4.69, 9.17) is 5.11 Å². The fourth-order valence-electron chi connectivity index (χ4n) is 0.781. The van der Waals surface area contributed by atoms with Crippen LogP contribution in [0, 0.1) is 5.92 Å². The number of carbonyl (C=O) groups excluding carboxylic acids is 2. The summed E-state index contributed by atoms with van der Waals surface area (Å²) in [5.41, 5.74) is -0.772. The molecule has 2 amide bonds. The smallest absolute Gasteiger partial charge is 0.309 e. The van der Waals surface area contributed by atoms with Crippen molar-refractivity contribution in [3.63, 3.8) is 0 Å². The molecule has 0 aliphatic heterocycles. The van der Waals surface area contributed by atoms with Crippen molar-refractivity contribution in [1.82, 2.24) is 10.6 Å². The Morgan fingerprint density at radius 1 is 1.27 bits per heavy atom. The number of amides is 2. The van der Waals surface area contributed by atoms with E-state index >= 15 is 0 Å².